The van der Waals surface area contributed by atoms with E-state index in [1.165, 1.54) is 10.4 Å². The number of amides is 1. The first kappa shape index (κ1) is 21.4. The van der Waals surface area contributed by atoms with Gasteiger partial charge in [0.2, 0.25) is 15.9 Å². The highest BCUT2D eigenvalue weighted by molar-refractivity contribution is 7.88. The van der Waals surface area contributed by atoms with Crippen molar-refractivity contribution >= 4 is 21.6 Å². The summed E-state index contributed by atoms with van der Waals surface area (Å²) in [5, 5.41) is 2.43. The average Bonchev–Trinajstić information content (AvgIpc) is 2.91. The topological polar surface area (TPSA) is 69.7 Å². The molecule has 1 fully saturated rings. The van der Waals surface area contributed by atoms with Gasteiger partial charge in [-0.3, -0.25) is 9.69 Å². The van der Waals surface area contributed by atoms with Crippen LogP contribution in [0.5, 0.6) is 0 Å². The quantitative estimate of drug-likeness (QED) is 0.775. The zero-order valence-corrected chi connectivity index (χ0v) is 16.7. The van der Waals surface area contributed by atoms with Gasteiger partial charge in [-0.15, -0.1) is 0 Å². The molecule has 0 saturated carbocycles. The lowest BCUT2D eigenvalue weighted by Crippen LogP contribution is -2.38. The number of rotatable bonds is 6. The number of hydrogen-bond acceptors (Lipinski definition) is 4. The van der Waals surface area contributed by atoms with E-state index in [2.05, 4.69) is 5.32 Å². The predicted molar refractivity (Wildman–Crippen MR) is 107 cm³/mol. The number of benzene rings is 2. The first-order valence-corrected chi connectivity index (χ1v) is 10.9. The van der Waals surface area contributed by atoms with E-state index in [0.717, 1.165) is 11.6 Å². The molecule has 0 bridgehead atoms. The van der Waals surface area contributed by atoms with Crippen molar-refractivity contribution in [1.82, 2.24) is 9.21 Å². The number of sulfonamides is 1. The minimum Gasteiger partial charge on any atom is -0.322 e. The molecular weight excluding hydrogens is 400 g/mol. The second kappa shape index (κ2) is 9.43. The summed E-state index contributed by atoms with van der Waals surface area (Å²) in [7, 11) is -3.45. The van der Waals surface area contributed by atoms with Crippen molar-refractivity contribution in [3.05, 3.63) is 65.7 Å². The Morgan fingerprint density at radius 2 is 1.76 bits per heavy atom. The number of nitrogens with one attached hydrogen (secondary N) is 1. The van der Waals surface area contributed by atoms with Crippen molar-refractivity contribution in [2.75, 3.05) is 38.0 Å². The predicted octanol–water partition coefficient (Wildman–Crippen LogP) is 2.44. The number of anilines is 1. The van der Waals surface area contributed by atoms with Crippen LogP contribution in [0.4, 0.5) is 14.5 Å². The molecular formula is C20H23F2N3O3S. The zero-order chi connectivity index (χ0) is 20.9. The SMILES string of the molecule is O=C(CN1CCCN(S(=O)(=O)Cc2ccccc2)CC1)Nc1ccc(F)cc1F. The summed E-state index contributed by atoms with van der Waals surface area (Å²) in [4.78, 5) is 14.0. The largest absolute Gasteiger partial charge is 0.322 e. The van der Waals surface area contributed by atoms with Gasteiger partial charge in [0.25, 0.3) is 0 Å². The monoisotopic (exact) mass is 423 g/mol. The van der Waals surface area contributed by atoms with Gasteiger partial charge in [0.15, 0.2) is 0 Å². The summed E-state index contributed by atoms with van der Waals surface area (Å²) < 4.78 is 53.5. The average molecular weight is 423 g/mol. The maximum Gasteiger partial charge on any atom is 0.238 e. The number of halogens is 2. The van der Waals surface area contributed by atoms with E-state index in [1.807, 2.05) is 11.0 Å². The van der Waals surface area contributed by atoms with Crippen LogP contribution in [0.3, 0.4) is 0 Å². The summed E-state index contributed by atoms with van der Waals surface area (Å²) in [6.45, 7) is 1.63. The van der Waals surface area contributed by atoms with Crippen LogP contribution >= 0.6 is 0 Å². The van der Waals surface area contributed by atoms with Gasteiger partial charge in [0.1, 0.15) is 11.6 Å². The van der Waals surface area contributed by atoms with E-state index in [-0.39, 0.29) is 24.5 Å². The highest BCUT2D eigenvalue weighted by Gasteiger charge is 2.26. The zero-order valence-electron chi connectivity index (χ0n) is 15.9. The van der Waals surface area contributed by atoms with Crippen molar-refractivity contribution in [1.29, 1.82) is 0 Å². The molecule has 0 unspecified atom stereocenters. The molecule has 1 N–H and O–H groups in total. The van der Waals surface area contributed by atoms with Gasteiger partial charge < -0.3 is 5.32 Å². The molecule has 0 spiro atoms. The smallest absolute Gasteiger partial charge is 0.238 e. The van der Waals surface area contributed by atoms with Crippen LogP contribution < -0.4 is 5.32 Å². The molecule has 2 aromatic carbocycles. The summed E-state index contributed by atoms with van der Waals surface area (Å²) in [6.07, 6.45) is 0.589. The van der Waals surface area contributed by atoms with Gasteiger partial charge >= 0.3 is 0 Å². The van der Waals surface area contributed by atoms with Crippen molar-refractivity contribution in [3.63, 3.8) is 0 Å². The fourth-order valence-corrected chi connectivity index (χ4v) is 4.81. The molecule has 1 heterocycles. The van der Waals surface area contributed by atoms with Crippen molar-refractivity contribution in [3.8, 4) is 0 Å². The third kappa shape index (κ3) is 6.06. The second-order valence-corrected chi connectivity index (χ2v) is 8.91. The number of nitrogens with zero attached hydrogens (tertiary/aromatic N) is 2. The third-order valence-electron chi connectivity index (χ3n) is 4.71. The summed E-state index contributed by atoms with van der Waals surface area (Å²) in [5.41, 5.74) is 0.646. The summed E-state index contributed by atoms with van der Waals surface area (Å²) in [6, 6.07) is 11.9. The van der Waals surface area contributed by atoms with Gasteiger partial charge in [-0.2, -0.15) is 0 Å². The van der Waals surface area contributed by atoms with Crippen molar-refractivity contribution in [2.24, 2.45) is 0 Å². The van der Waals surface area contributed by atoms with Gasteiger partial charge in [-0.25, -0.2) is 21.5 Å². The van der Waals surface area contributed by atoms with Crippen LogP contribution in [0.25, 0.3) is 0 Å². The van der Waals surface area contributed by atoms with Crippen LogP contribution in [0.15, 0.2) is 48.5 Å². The number of carbonyl (C=O) groups excluding carboxylic acids is 1. The molecule has 2 aromatic rings. The molecule has 0 aliphatic carbocycles. The Bertz CT molecular complexity index is 955. The Morgan fingerprint density at radius 3 is 2.48 bits per heavy atom. The Labute approximate surface area is 169 Å². The van der Waals surface area contributed by atoms with Gasteiger partial charge in [-0.05, 0) is 30.7 Å². The highest BCUT2D eigenvalue weighted by atomic mass is 32.2. The number of hydrogen-bond donors (Lipinski definition) is 1. The Morgan fingerprint density at radius 1 is 1.00 bits per heavy atom. The van der Waals surface area contributed by atoms with Crippen LogP contribution in [-0.2, 0) is 20.6 Å². The van der Waals surface area contributed by atoms with Crippen LogP contribution in [0.2, 0.25) is 0 Å². The van der Waals surface area contributed by atoms with Crippen LogP contribution in [-0.4, -0.2) is 56.3 Å². The lowest BCUT2D eigenvalue weighted by Gasteiger charge is -2.21. The maximum atomic E-state index is 13.7. The minimum absolute atomic E-state index is 0.00336. The first-order chi connectivity index (χ1) is 13.8. The van der Waals surface area contributed by atoms with Crippen LogP contribution in [0.1, 0.15) is 12.0 Å². The standard InChI is InChI=1S/C20H23F2N3O3S/c21-17-7-8-19(18(22)13-17)23-20(26)14-24-9-4-10-25(12-11-24)29(27,28)15-16-5-2-1-3-6-16/h1-3,5-8,13H,4,9-12,14-15H2,(H,23,26). The molecule has 156 valence electrons. The molecule has 6 nitrogen and oxygen atoms in total. The van der Waals surface area contributed by atoms with E-state index in [4.69, 9.17) is 0 Å². The molecule has 3 rings (SSSR count). The Balaban J connectivity index is 1.54. The van der Waals surface area contributed by atoms with Crippen molar-refractivity contribution < 1.29 is 22.0 Å². The molecule has 0 radical (unpaired) electrons. The third-order valence-corrected chi connectivity index (χ3v) is 6.56. The minimum atomic E-state index is -3.45. The normalized spacial score (nSPS) is 16.3. The van der Waals surface area contributed by atoms with E-state index in [0.29, 0.717) is 32.1 Å². The fourth-order valence-electron chi connectivity index (χ4n) is 3.24. The number of carbonyl (C=O) groups is 1. The molecule has 1 amide bonds. The van der Waals surface area contributed by atoms with E-state index in [1.54, 1.807) is 24.3 Å². The van der Waals surface area contributed by atoms with Gasteiger partial charge in [-0.1, -0.05) is 30.3 Å². The van der Waals surface area contributed by atoms with E-state index < -0.39 is 27.6 Å². The van der Waals surface area contributed by atoms with Gasteiger partial charge in [0, 0.05) is 25.7 Å². The van der Waals surface area contributed by atoms with E-state index >= 15 is 0 Å². The van der Waals surface area contributed by atoms with Crippen LogP contribution in [0, 0.1) is 11.6 Å². The second-order valence-electron chi connectivity index (χ2n) is 6.94. The summed E-state index contributed by atoms with van der Waals surface area (Å²) in [5.74, 6) is -2.05. The fraction of sp³-hybridized carbons (Fsp3) is 0.350. The molecule has 1 aliphatic rings. The molecule has 29 heavy (non-hydrogen) atoms. The Kier molecular flexibility index (Phi) is 6.94. The molecule has 1 saturated heterocycles. The maximum absolute atomic E-state index is 13.7. The lowest BCUT2D eigenvalue weighted by atomic mass is 10.2. The summed E-state index contributed by atoms with van der Waals surface area (Å²) >= 11 is 0. The molecule has 0 aromatic heterocycles. The van der Waals surface area contributed by atoms with E-state index in [9.17, 15) is 22.0 Å². The molecule has 9 heteroatoms. The Hall–Kier alpha value is -2.36. The van der Waals surface area contributed by atoms with Crippen molar-refractivity contribution in [2.45, 2.75) is 12.2 Å². The molecule has 1 aliphatic heterocycles. The van der Waals surface area contributed by atoms with Gasteiger partial charge in [0.05, 0.1) is 18.0 Å². The highest BCUT2D eigenvalue weighted by Crippen LogP contribution is 2.16. The lowest BCUT2D eigenvalue weighted by molar-refractivity contribution is -0.117. The molecule has 0 atom stereocenters. The first-order valence-electron chi connectivity index (χ1n) is 9.32.